The van der Waals surface area contributed by atoms with Gasteiger partial charge in [-0.2, -0.15) is 0 Å². The molecular formula is C8H15NO3. The van der Waals surface area contributed by atoms with Crippen LogP contribution in [0.1, 0.15) is 19.8 Å². The molecule has 12 heavy (non-hydrogen) atoms. The molecule has 0 saturated heterocycles. The summed E-state index contributed by atoms with van der Waals surface area (Å²) in [5.74, 6) is -1.07. The van der Waals surface area contributed by atoms with Gasteiger partial charge in [-0.25, -0.2) is 0 Å². The Hall–Kier alpha value is -1.06. The van der Waals surface area contributed by atoms with Crippen LogP contribution in [0.25, 0.3) is 0 Å². The van der Waals surface area contributed by atoms with Crippen LogP contribution < -0.4 is 0 Å². The molecule has 0 bridgehead atoms. The molecule has 0 fully saturated rings. The van der Waals surface area contributed by atoms with Crippen LogP contribution in [-0.2, 0) is 9.59 Å². The van der Waals surface area contributed by atoms with E-state index >= 15 is 0 Å². The highest BCUT2D eigenvalue weighted by Gasteiger charge is 2.15. The Morgan fingerprint density at radius 1 is 1.42 bits per heavy atom. The molecular weight excluding hydrogens is 158 g/mol. The second kappa shape index (κ2) is 4.74. The first kappa shape index (κ1) is 10.9. The molecule has 0 aromatic rings. The summed E-state index contributed by atoms with van der Waals surface area (Å²) in [5, 5.41) is 8.36. The number of amides is 1. The highest BCUT2D eigenvalue weighted by Crippen LogP contribution is 2.07. The molecule has 0 aromatic carbocycles. The van der Waals surface area contributed by atoms with Gasteiger partial charge in [0.05, 0.1) is 0 Å². The lowest BCUT2D eigenvalue weighted by Gasteiger charge is -2.15. The number of carboxylic acid groups (broad SMARTS) is 1. The Labute approximate surface area is 72.2 Å². The minimum atomic E-state index is -0.853. The van der Waals surface area contributed by atoms with Crippen molar-refractivity contribution in [1.29, 1.82) is 0 Å². The van der Waals surface area contributed by atoms with Crippen molar-refractivity contribution in [1.82, 2.24) is 4.90 Å². The van der Waals surface area contributed by atoms with Crippen LogP contribution in [0.15, 0.2) is 0 Å². The smallest absolute Gasteiger partial charge is 0.303 e. The zero-order valence-electron chi connectivity index (χ0n) is 7.70. The average molecular weight is 173 g/mol. The second-order valence-corrected chi connectivity index (χ2v) is 3.07. The predicted molar refractivity (Wildman–Crippen MR) is 44.7 cm³/mol. The highest BCUT2D eigenvalue weighted by atomic mass is 16.4. The minimum Gasteiger partial charge on any atom is -0.481 e. The Morgan fingerprint density at radius 3 is 2.25 bits per heavy atom. The first-order valence-electron chi connectivity index (χ1n) is 3.88. The van der Waals surface area contributed by atoms with Gasteiger partial charge in [-0.05, 0) is 6.42 Å². The van der Waals surface area contributed by atoms with Crippen LogP contribution in [-0.4, -0.2) is 36.0 Å². The van der Waals surface area contributed by atoms with Crippen molar-refractivity contribution in [3.8, 4) is 0 Å². The molecule has 0 saturated carbocycles. The Morgan fingerprint density at radius 2 is 1.92 bits per heavy atom. The molecule has 1 N–H and O–H groups in total. The normalized spacial score (nSPS) is 12.2. The summed E-state index contributed by atoms with van der Waals surface area (Å²) >= 11 is 0. The molecule has 0 unspecified atom stereocenters. The molecule has 0 rings (SSSR count). The van der Waals surface area contributed by atoms with E-state index in [0.29, 0.717) is 6.42 Å². The van der Waals surface area contributed by atoms with E-state index in [1.54, 1.807) is 21.0 Å². The van der Waals surface area contributed by atoms with Crippen LogP contribution in [0.5, 0.6) is 0 Å². The lowest BCUT2D eigenvalue weighted by molar-refractivity contribution is -0.138. The minimum absolute atomic E-state index is 0.0174. The molecule has 0 aliphatic rings. The Kier molecular flexibility index (Phi) is 4.33. The van der Waals surface area contributed by atoms with Crippen LogP contribution in [0.2, 0.25) is 0 Å². The molecule has 0 heterocycles. The standard InChI is InChI=1S/C8H15NO3/c1-6(4-5-7(10)11)8(12)9(2)3/h6H,4-5H2,1-3H3,(H,10,11)/t6-/m0/s1. The third-order valence-electron chi connectivity index (χ3n) is 1.65. The zero-order valence-corrected chi connectivity index (χ0v) is 7.70. The summed E-state index contributed by atoms with van der Waals surface area (Å²) < 4.78 is 0. The summed E-state index contributed by atoms with van der Waals surface area (Å²) in [4.78, 5) is 22.8. The van der Waals surface area contributed by atoms with Crippen molar-refractivity contribution in [3.63, 3.8) is 0 Å². The first-order valence-corrected chi connectivity index (χ1v) is 3.88. The fourth-order valence-electron chi connectivity index (χ4n) is 0.904. The van der Waals surface area contributed by atoms with E-state index in [9.17, 15) is 9.59 Å². The number of carbonyl (C=O) groups is 2. The monoisotopic (exact) mass is 173 g/mol. The second-order valence-electron chi connectivity index (χ2n) is 3.07. The summed E-state index contributed by atoms with van der Waals surface area (Å²) in [6.45, 7) is 1.74. The first-order chi connectivity index (χ1) is 5.45. The van der Waals surface area contributed by atoms with Gasteiger partial charge in [0.2, 0.25) is 5.91 Å². The molecule has 0 aliphatic carbocycles. The topological polar surface area (TPSA) is 57.6 Å². The van der Waals surface area contributed by atoms with Gasteiger partial charge in [0.15, 0.2) is 0 Å². The molecule has 0 radical (unpaired) electrons. The van der Waals surface area contributed by atoms with Gasteiger partial charge in [-0.3, -0.25) is 9.59 Å². The van der Waals surface area contributed by atoms with Gasteiger partial charge in [0.1, 0.15) is 0 Å². The number of rotatable bonds is 4. The quantitative estimate of drug-likeness (QED) is 0.676. The van der Waals surface area contributed by atoms with Gasteiger partial charge in [-0.15, -0.1) is 0 Å². The maximum absolute atomic E-state index is 11.2. The van der Waals surface area contributed by atoms with Gasteiger partial charge >= 0.3 is 5.97 Å². The third kappa shape index (κ3) is 3.95. The van der Waals surface area contributed by atoms with Crippen molar-refractivity contribution in [2.45, 2.75) is 19.8 Å². The maximum Gasteiger partial charge on any atom is 0.303 e. The molecule has 0 aromatic heterocycles. The molecule has 1 amide bonds. The lowest BCUT2D eigenvalue weighted by atomic mass is 10.0. The summed E-state index contributed by atoms with van der Waals surface area (Å²) in [5.41, 5.74) is 0. The van der Waals surface area contributed by atoms with E-state index in [0.717, 1.165) is 0 Å². The van der Waals surface area contributed by atoms with E-state index in [1.807, 2.05) is 0 Å². The number of carboxylic acids is 1. The van der Waals surface area contributed by atoms with Crippen molar-refractivity contribution >= 4 is 11.9 Å². The fraction of sp³-hybridized carbons (Fsp3) is 0.750. The van der Waals surface area contributed by atoms with E-state index in [1.165, 1.54) is 4.90 Å². The number of hydrogen-bond acceptors (Lipinski definition) is 2. The van der Waals surface area contributed by atoms with Crippen molar-refractivity contribution in [2.75, 3.05) is 14.1 Å². The van der Waals surface area contributed by atoms with Gasteiger partial charge in [0, 0.05) is 26.4 Å². The Balaban J connectivity index is 3.79. The molecule has 4 nitrogen and oxygen atoms in total. The summed E-state index contributed by atoms with van der Waals surface area (Å²) in [6.07, 6.45) is 0.465. The van der Waals surface area contributed by atoms with Gasteiger partial charge in [-0.1, -0.05) is 6.92 Å². The number of aliphatic carboxylic acids is 1. The molecule has 70 valence electrons. The lowest BCUT2D eigenvalue weighted by Crippen LogP contribution is -2.28. The third-order valence-corrected chi connectivity index (χ3v) is 1.65. The van der Waals surface area contributed by atoms with Gasteiger partial charge in [0.25, 0.3) is 0 Å². The van der Waals surface area contributed by atoms with Crippen LogP contribution >= 0.6 is 0 Å². The number of carbonyl (C=O) groups excluding carboxylic acids is 1. The van der Waals surface area contributed by atoms with E-state index < -0.39 is 5.97 Å². The summed E-state index contributed by atoms with van der Waals surface area (Å²) in [7, 11) is 3.33. The van der Waals surface area contributed by atoms with Crippen LogP contribution in [0.4, 0.5) is 0 Å². The molecule has 1 atom stereocenters. The molecule has 0 aliphatic heterocycles. The van der Waals surface area contributed by atoms with Crippen molar-refractivity contribution in [2.24, 2.45) is 5.92 Å². The van der Waals surface area contributed by atoms with Crippen molar-refractivity contribution < 1.29 is 14.7 Å². The fourth-order valence-corrected chi connectivity index (χ4v) is 0.904. The maximum atomic E-state index is 11.2. The van der Waals surface area contributed by atoms with E-state index in [4.69, 9.17) is 5.11 Å². The largest absolute Gasteiger partial charge is 0.481 e. The molecule has 4 heteroatoms. The van der Waals surface area contributed by atoms with Gasteiger partial charge < -0.3 is 10.0 Å². The zero-order chi connectivity index (χ0) is 9.72. The number of hydrogen-bond donors (Lipinski definition) is 1. The van der Waals surface area contributed by atoms with Crippen molar-refractivity contribution in [3.05, 3.63) is 0 Å². The predicted octanol–water partition coefficient (Wildman–Crippen LogP) is 0.575. The van der Waals surface area contributed by atoms with E-state index in [-0.39, 0.29) is 18.2 Å². The highest BCUT2D eigenvalue weighted by molar-refractivity contribution is 5.78. The average Bonchev–Trinajstić information content (AvgIpc) is 1.98. The summed E-state index contributed by atoms with van der Waals surface area (Å²) in [6, 6.07) is 0. The van der Waals surface area contributed by atoms with E-state index in [2.05, 4.69) is 0 Å². The Bertz CT molecular complexity index is 177. The SMILES string of the molecule is C[C@@H](CCC(=O)O)C(=O)N(C)C. The number of nitrogens with zero attached hydrogens (tertiary/aromatic N) is 1. The molecule has 0 spiro atoms. The van der Waals surface area contributed by atoms with Crippen LogP contribution in [0.3, 0.4) is 0 Å². The van der Waals surface area contributed by atoms with Crippen LogP contribution in [0, 0.1) is 5.92 Å².